The third kappa shape index (κ3) is 2.42. The van der Waals surface area contributed by atoms with Crippen molar-refractivity contribution in [3.05, 3.63) is 26.5 Å². The predicted octanol–water partition coefficient (Wildman–Crippen LogP) is 2.78. The summed E-state index contributed by atoms with van der Waals surface area (Å²) in [7, 11) is 0. The Labute approximate surface area is 119 Å². The van der Waals surface area contributed by atoms with Gasteiger partial charge in [-0.05, 0) is 48.9 Å². The van der Waals surface area contributed by atoms with Crippen molar-refractivity contribution in [2.24, 2.45) is 0 Å². The third-order valence-electron chi connectivity index (χ3n) is 2.99. The molecule has 0 aromatic carbocycles. The van der Waals surface area contributed by atoms with Gasteiger partial charge in [0, 0.05) is 25.2 Å². The lowest BCUT2D eigenvalue weighted by Crippen LogP contribution is -2.09. The van der Waals surface area contributed by atoms with Crippen LogP contribution in [-0.4, -0.2) is 24.5 Å². The van der Waals surface area contributed by atoms with Gasteiger partial charge in [-0.3, -0.25) is 9.78 Å². The quantitative estimate of drug-likeness (QED) is 0.877. The number of H-pyrrole nitrogens is 1. The maximum absolute atomic E-state index is 5.17. The number of aromatic amines is 1. The lowest BCUT2D eigenvalue weighted by molar-refractivity contribution is 0.562. The van der Waals surface area contributed by atoms with Gasteiger partial charge in [0.15, 0.2) is 4.77 Å². The molecular weight excluding hydrogens is 314 g/mol. The van der Waals surface area contributed by atoms with Crippen molar-refractivity contribution in [3.8, 4) is 0 Å². The summed E-state index contributed by atoms with van der Waals surface area (Å²) in [5.41, 5.74) is 2.16. The largest absolute Gasteiger partial charge is 0.304 e. The Hall–Kier alpha value is -0.950. The molecule has 0 radical (unpaired) electrons. The average Bonchev–Trinajstić information content (AvgIpc) is 2.82. The van der Waals surface area contributed by atoms with Crippen molar-refractivity contribution < 1.29 is 0 Å². The summed E-state index contributed by atoms with van der Waals surface area (Å²) in [5.74, 6) is 0.978. The van der Waals surface area contributed by atoms with Crippen molar-refractivity contribution in [1.82, 2.24) is 24.5 Å². The van der Waals surface area contributed by atoms with Crippen molar-refractivity contribution >= 4 is 28.1 Å². The molecule has 0 atom stereocenters. The molecule has 0 bridgehead atoms. The van der Waals surface area contributed by atoms with Crippen LogP contribution in [0.2, 0.25) is 0 Å². The van der Waals surface area contributed by atoms with Crippen LogP contribution in [0.1, 0.15) is 24.1 Å². The highest BCUT2D eigenvalue weighted by atomic mass is 79.9. The van der Waals surface area contributed by atoms with E-state index in [1.54, 1.807) is 0 Å². The molecule has 1 N–H and O–H groups in total. The van der Waals surface area contributed by atoms with E-state index < -0.39 is 0 Å². The van der Waals surface area contributed by atoms with Gasteiger partial charge in [0.1, 0.15) is 5.82 Å². The van der Waals surface area contributed by atoms with Gasteiger partial charge in [0.2, 0.25) is 0 Å². The van der Waals surface area contributed by atoms with E-state index in [4.69, 9.17) is 12.2 Å². The number of aromatic nitrogens is 5. The zero-order valence-electron chi connectivity index (χ0n) is 10.7. The summed E-state index contributed by atoms with van der Waals surface area (Å²) in [6, 6.07) is 0. The molecule has 7 heteroatoms. The second-order valence-corrected chi connectivity index (χ2v) is 5.33. The molecule has 2 aromatic rings. The molecule has 0 unspecified atom stereocenters. The summed E-state index contributed by atoms with van der Waals surface area (Å²) < 4.78 is 5.77. The molecule has 0 aliphatic carbocycles. The van der Waals surface area contributed by atoms with E-state index >= 15 is 0 Å². The summed E-state index contributed by atoms with van der Waals surface area (Å²) in [6.45, 7) is 7.76. The first kappa shape index (κ1) is 13.5. The molecule has 5 nitrogen and oxygen atoms in total. The number of nitrogens with zero attached hydrogens (tertiary/aromatic N) is 4. The Balaban J connectivity index is 2.16. The Morgan fingerprint density at radius 2 is 2.11 bits per heavy atom. The molecule has 0 spiro atoms. The minimum atomic E-state index is 0.682. The molecule has 2 rings (SSSR count). The van der Waals surface area contributed by atoms with Crippen LogP contribution >= 0.6 is 28.1 Å². The van der Waals surface area contributed by atoms with Crippen LogP contribution in [0.3, 0.4) is 0 Å². The minimum absolute atomic E-state index is 0.682. The van der Waals surface area contributed by atoms with Gasteiger partial charge >= 0.3 is 0 Å². The van der Waals surface area contributed by atoms with E-state index in [2.05, 4.69) is 45.1 Å². The number of aryl methyl sites for hydroxylation is 3. The zero-order valence-corrected chi connectivity index (χ0v) is 13.1. The van der Waals surface area contributed by atoms with Crippen LogP contribution in [0.15, 0.2) is 4.47 Å². The number of hydrogen-bond donors (Lipinski definition) is 1. The predicted molar refractivity (Wildman–Crippen MR) is 76.2 cm³/mol. The molecule has 2 heterocycles. The van der Waals surface area contributed by atoms with Gasteiger partial charge < -0.3 is 4.57 Å². The Kier molecular flexibility index (Phi) is 4.01. The fourth-order valence-corrected chi connectivity index (χ4v) is 2.53. The number of hydrogen-bond acceptors (Lipinski definition) is 3. The van der Waals surface area contributed by atoms with E-state index in [1.807, 2.05) is 16.2 Å². The van der Waals surface area contributed by atoms with Crippen LogP contribution < -0.4 is 0 Å². The first-order chi connectivity index (χ1) is 8.54. The Bertz CT molecular complexity index is 609. The highest BCUT2D eigenvalue weighted by molar-refractivity contribution is 9.10. The molecule has 0 fully saturated rings. The lowest BCUT2D eigenvalue weighted by atomic mass is 10.3. The van der Waals surface area contributed by atoms with Crippen LogP contribution in [0.25, 0.3) is 0 Å². The lowest BCUT2D eigenvalue weighted by Gasteiger charge is -2.05. The van der Waals surface area contributed by atoms with Gasteiger partial charge in [-0.25, -0.2) is 0 Å². The van der Waals surface area contributed by atoms with Gasteiger partial charge in [-0.15, -0.1) is 0 Å². The number of rotatable bonds is 4. The SMILES string of the molecule is CCn1c(CCn2nc(C)c(Br)c2C)n[nH]c1=S. The van der Waals surface area contributed by atoms with Crippen molar-refractivity contribution in [3.63, 3.8) is 0 Å². The van der Waals surface area contributed by atoms with Crippen molar-refractivity contribution in [2.75, 3.05) is 0 Å². The van der Waals surface area contributed by atoms with Gasteiger partial charge in [-0.2, -0.15) is 10.2 Å². The van der Waals surface area contributed by atoms with E-state index in [1.165, 1.54) is 0 Å². The van der Waals surface area contributed by atoms with Crippen LogP contribution in [0, 0.1) is 18.6 Å². The van der Waals surface area contributed by atoms with E-state index in [-0.39, 0.29) is 0 Å². The highest BCUT2D eigenvalue weighted by Crippen LogP contribution is 2.19. The normalized spacial score (nSPS) is 11.1. The van der Waals surface area contributed by atoms with Crippen molar-refractivity contribution in [1.29, 1.82) is 0 Å². The first-order valence-electron chi connectivity index (χ1n) is 5.88. The number of nitrogens with one attached hydrogen (secondary N) is 1. The number of halogens is 1. The van der Waals surface area contributed by atoms with E-state index in [9.17, 15) is 0 Å². The maximum atomic E-state index is 5.17. The van der Waals surface area contributed by atoms with Crippen LogP contribution in [0.5, 0.6) is 0 Å². The summed E-state index contributed by atoms with van der Waals surface area (Å²) in [6.07, 6.45) is 0.815. The molecule has 0 aliphatic rings. The average molecular weight is 330 g/mol. The summed E-state index contributed by atoms with van der Waals surface area (Å²) in [4.78, 5) is 0. The molecular formula is C11H16BrN5S. The van der Waals surface area contributed by atoms with E-state index in [0.29, 0.717) is 4.77 Å². The molecule has 0 saturated heterocycles. The Morgan fingerprint density at radius 1 is 1.39 bits per heavy atom. The van der Waals surface area contributed by atoms with Crippen LogP contribution in [0.4, 0.5) is 0 Å². The van der Waals surface area contributed by atoms with Gasteiger partial charge in [0.25, 0.3) is 0 Å². The molecule has 98 valence electrons. The minimum Gasteiger partial charge on any atom is -0.304 e. The summed E-state index contributed by atoms with van der Waals surface area (Å²) >= 11 is 8.70. The smallest absolute Gasteiger partial charge is 0.195 e. The van der Waals surface area contributed by atoms with Crippen molar-refractivity contribution in [2.45, 2.75) is 40.3 Å². The second-order valence-electron chi connectivity index (χ2n) is 4.15. The Morgan fingerprint density at radius 3 is 2.67 bits per heavy atom. The molecule has 2 aromatic heterocycles. The first-order valence-corrected chi connectivity index (χ1v) is 7.08. The highest BCUT2D eigenvalue weighted by Gasteiger charge is 2.10. The van der Waals surface area contributed by atoms with Crippen LogP contribution in [-0.2, 0) is 19.5 Å². The maximum Gasteiger partial charge on any atom is 0.195 e. The van der Waals surface area contributed by atoms with Gasteiger partial charge in [0.05, 0.1) is 10.2 Å². The molecule has 0 amide bonds. The monoisotopic (exact) mass is 329 g/mol. The topological polar surface area (TPSA) is 51.4 Å². The fourth-order valence-electron chi connectivity index (χ4n) is 1.97. The van der Waals surface area contributed by atoms with E-state index in [0.717, 1.165) is 41.2 Å². The molecule has 18 heavy (non-hydrogen) atoms. The zero-order chi connectivity index (χ0) is 13.3. The second kappa shape index (κ2) is 5.36. The summed E-state index contributed by atoms with van der Waals surface area (Å²) in [5, 5.41) is 11.6. The molecule has 0 aliphatic heterocycles. The van der Waals surface area contributed by atoms with Gasteiger partial charge in [-0.1, -0.05) is 0 Å². The third-order valence-corrected chi connectivity index (χ3v) is 4.45. The molecule has 0 saturated carbocycles. The standard InChI is InChI=1S/C11H16BrN5S/c1-4-16-9(13-14-11(16)18)5-6-17-8(3)10(12)7(2)15-17/h4-6H2,1-3H3,(H,14,18). The fraction of sp³-hybridized carbons (Fsp3) is 0.545.